The van der Waals surface area contributed by atoms with Crippen molar-refractivity contribution in [2.75, 3.05) is 13.1 Å². The molecule has 0 unspecified atom stereocenters. The normalized spacial score (nSPS) is 18.5. The van der Waals surface area contributed by atoms with Gasteiger partial charge in [0, 0.05) is 39.0 Å². The highest BCUT2D eigenvalue weighted by Crippen LogP contribution is 2.34. The van der Waals surface area contributed by atoms with E-state index in [1.54, 1.807) is 6.20 Å². The molecule has 1 amide bonds. The number of aromatic nitrogens is 2. The van der Waals surface area contributed by atoms with Gasteiger partial charge in [0.1, 0.15) is 5.82 Å². The number of nitrogens with zero attached hydrogens (tertiary/aromatic N) is 2. The van der Waals surface area contributed by atoms with E-state index < -0.39 is 0 Å². The van der Waals surface area contributed by atoms with Gasteiger partial charge in [-0.15, -0.1) is 0 Å². The Morgan fingerprint density at radius 3 is 2.65 bits per heavy atom. The van der Waals surface area contributed by atoms with Crippen LogP contribution in [0.3, 0.4) is 0 Å². The number of nitrogens with two attached hydrogens (primary N) is 1. The summed E-state index contributed by atoms with van der Waals surface area (Å²) in [5.74, 6) is 1.13. The van der Waals surface area contributed by atoms with Crippen molar-refractivity contribution in [3.8, 4) is 0 Å². The third kappa shape index (κ3) is 3.39. The Bertz CT molecular complexity index is 433. The summed E-state index contributed by atoms with van der Waals surface area (Å²) < 4.78 is 1.98. The van der Waals surface area contributed by atoms with Crippen LogP contribution in [0.25, 0.3) is 0 Å². The Balaban J connectivity index is 1.87. The number of hydrogen-bond acceptors (Lipinski definition) is 3. The highest BCUT2D eigenvalue weighted by Gasteiger charge is 2.36. The lowest BCUT2D eigenvalue weighted by molar-refractivity contribution is -0.131. The predicted octanol–water partition coefficient (Wildman–Crippen LogP) is 1.38. The van der Waals surface area contributed by atoms with Gasteiger partial charge in [-0.25, -0.2) is 4.98 Å². The van der Waals surface area contributed by atoms with Crippen molar-refractivity contribution in [1.29, 1.82) is 0 Å². The molecule has 0 bridgehead atoms. The van der Waals surface area contributed by atoms with Crippen LogP contribution < -0.4 is 11.1 Å². The second kappa shape index (κ2) is 6.88. The molecule has 1 heterocycles. The van der Waals surface area contributed by atoms with Gasteiger partial charge in [-0.05, 0) is 12.8 Å². The van der Waals surface area contributed by atoms with Crippen LogP contribution in [0, 0.1) is 5.41 Å². The maximum Gasteiger partial charge on any atom is 0.227 e. The first-order valence-corrected chi connectivity index (χ1v) is 7.62. The highest BCUT2D eigenvalue weighted by atomic mass is 16.2. The Labute approximate surface area is 120 Å². The summed E-state index contributed by atoms with van der Waals surface area (Å²) in [6.07, 6.45) is 11.0. The van der Waals surface area contributed by atoms with Crippen LogP contribution in [0.15, 0.2) is 12.4 Å². The molecule has 5 heteroatoms. The first-order valence-electron chi connectivity index (χ1n) is 7.62. The minimum absolute atomic E-state index is 0.135. The third-order valence-corrected chi connectivity index (χ3v) is 4.49. The molecule has 0 radical (unpaired) electrons. The third-order valence-electron chi connectivity index (χ3n) is 4.49. The molecule has 1 fully saturated rings. The van der Waals surface area contributed by atoms with Crippen molar-refractivity contribution in [2.45, 2.75) is 44.9 Å². The highest BCUT2D eigenvalue weighted by molar-refractivity contribution is 5.82. The van der Waals surface area contributed by atoms with Crippen molar-refractivity contribution in [1.82, 2.24) is 14.9 Å². The molecule has 1 aliphatic rings. The molecule has 0 atom stereocenters. The first kappa shape index (κ1) is 15.0. The fourth-order valence-corrected chi connectivity index (χ4v) is 3.04. The molecule has 1 aromatic heterocycles. The zero-order valence-electron chi connectivity index (χ0n) is 12.4. The molecular formula is C15H26N4O. The molecule has 0 spiro atoms. The quantitative estimate of drug-likeness (QED) is 0.799. The van der Waals surface area contributed by atoms with Gasteiger partial charge in [0.15, 0.2) is 0 Å². The van der Waals surface area contributed by atoms with E-state index in [1.807, 2.05) is 17.8 Å². The van der Waals surface area contributed by atoms with Gasteiger partial charge in [-0.1, -0.05) is 25.7 Å². The predicted molar refractivity (Wildman–Crippen MR) is 79.1 cm³/mol. The van der Waals surface area contributed by atoms with Crippen LogP contribution in [-0.4, -0.2) is 28.5 Å². The number of carbonyl (C=O) groups is 1. The Morgan fingerprint density at radius 1 is 1.40 bits per heavy atom. The minimum atomic E-state index is -0.335. The molecule has 1 aromatic rings. The maximum atomic E-state index is 12.5. The molecular weight excluding hydrogens is 252 g/mol. The number of carbonyl (C=O) groups excluding carboxylic acids is 1. The minimum Gasteiger partial charge on any atom is -0.355 e. The number of imidazole rings is 1. The van der Waals surface area contributed by atoms with Gasteiger partial charge in [-0.2, -0.15) is 0 Å². The number of aryl methyl sites for hydroxylation is 1. The molecule has 1 aliphatic carbocycles. The van der Waals surface area contributed by atoms with Crippen LogP contribution in [0.1, 0.15) is 44.3 Å². The van der Waals surface area contributed by atoms with E-state index in [2.05, 4.69) is 10.3 Å². The number of amides is 1. The average molecular weight is 278 g/mol. The summed E-state index contributed by atoms with van der Waals surface area (Å²) in [5, 5.41) is 3.07. The van der Waals surface area contributed by atoms with Gasteiger partial charge in [0.25, 0.3) is 0 Å². The van der Waals surface area contributed by atoms with Crippen LogP contribution in [-0.2, 0) is 18.3 Å². The van der Waals surface area contributed by atoms with E-state index in [-0.39, 0.29) is 11.3 Å². The van der Waals surface area contributed by atoms with Crippen LogP contribution >= 0.6 is 0 Å². The van der Waals surface area contributed by atoms with Crippen molar-refractivity contribution in [3.63, 3.8) is 0 Å². The van der Waals surface area contributed by atoms with E-state index in [0.717, 1.165) is 37.9 Å². The Kier molecular flexibility index (Phi) is 5.17. The topological polar surface area (TPSA) is 72.9 Å². The standard InChI is InChI=1S/C15H26N4O/c1-19-11-10-17-13(19)6-9-18-14(20)15(12-16)7-4-2-3-5-8-15/h10-11H,2-9,12,16H2,1H3,(H,18,20). The van der Waals surface area contributed by atoms with Gasteiger partial charge in [-0.3, -0.25) is 4.79 Å². The van der Waals surface area contributed by atoms with Gasteiger partial charge >= 0.3 is 0 Å². The molecule has 112 valence electrons. The second-order valence-corrected chi connectivity index (χ2v) is 5.86. The molecule has 20 heavy (non-hydrogen) atoms. The van der Waals surface area contributed by atoms with Crippen molar-refractivity contribution in [2.24, 2.45) is 18.2 Å². The molecule has 0 aromatic carbocycles. The zero-order chi connectivity index (χ0) is 14.4. The Morgan fingerprint density at radius 2 is 2.10 bits per heavy atom. The Hall–Kier alpha value is -1.36. The lowest BCUT2D eigenvalue weighted by atomic mass is 9.79. The van der Waals surface area contributed by atoms with Crippen molar-refractivity contribution < 1.29 is 4.79 Å². The largest absolute Gasteiger partial charge is 0.355 e. The molecule has 1 saturated carbocycles. The summed E-state index contributed by atoms with van der Waals surface area (Å²) in [6, 6.07) is 0. The van der Waals surface area contributed by atoms with Crippen LogP contribution in [0.2, 0.25) is 0 Å². The monoisotopic (exact) mass is 278 g/mol. The molecule has 0 saturated heterocycles. The summed E-state index contributed by atoms with van der Waals surface area (Å²) in [5.41, 5.74) is 5.59. The van der Waals surface area contributed by atoms with E-state index in [1.165, 1.54) is 12.8 Å². The summed E-state index contributed by atoms with van der Waals surface area (Å²) in [6.45, 7) is 1.09. The fourth-order valence-electron chi connectivity index (χ4n) is 3.04. The van der Waals surface area contributed by atoms with E-state index in [0.29, 0.717) is 13.1 Å². The van der Waals surface area contributed by atoms with E-state index >= 15 is 0 Å². The SMILES string of the molecule is Cn1ccnc1CCNC(=O)C1(CN)CCCCCC1. The number of nitrogens with one attached hydrogen (secondary N) is 1. The molecule has 0 aliphatic heterocycles. The van der Waals surface area contributed by atoms with Gasteiger partial charge < -0.3 is 15.6 Å². The van der Waals surface area contributed by atoms with Gasteiger partial charge in [0.2, 0.25) is 5.91 Å². The van der Waals surface area contributed by atoms with Gasteiger partial charge in [0.05, 0.1) is 5.41 Å². The number of rotatable bonds is 5. The molecule has 2 rings (SSSR count). The summed E-state index contributed by atoms with van der Waals surface area (Å²) >= 11 is 0. The van der Waals surface area contributed by atoms with Crippen molar-refractivity contribution >= 4 is 5.91 Å². The van der Waals surface area contributed by atoms with E-state index in [9.17, 15) is 4.79 Å². The molecule has 5 nitrogen and oxygen atoms in total. The maximum absolute atomic E-state index is 12.5. The second-order valence-electron chi connectivity index (χ2n) is 5.86. The lowest BCUT2D eigenvalue weighted by Crippen LogP contribution is -2.46. The zero-order valence-corrected chi connectivity index (χ0v) is 12.4. The smallest absolute Gasteiger partial charge is 0.227 e. The number of hydrogen-bond donors (Lipinski definition) is 2. The fraction of sp³-hybridized carbons (Fsp3) is 0.733. The summed E-state index contributed by atoms with van der Waals surface area (Å²) in [4.78, 5) is 16.8. The first-order chi connectivity index (χ1) is 9.68. The van der Waals surface area contributed by atoms with Crippen LogP contribution in [0.4, 0.5) is 0 Å². The molecule has 3 N–H and O–H groups in total. The average Bonchev–Trinajstić information content (AvgIpc) is 2.73. The lowest BCUT2D eigenvalue weighted by Gasteiger charge is -2.29. The van der Waals surface area contributed by atoms with Crippen molar-refractivity contribution in [3.05, 3.63) is 18.2 Å². The van der Waals surface area contributed by atoms with E-state index in [4.69, 9.17) is 5.73 Å². The van der Waals surface area contributed by atoms with Crippen LogP contribution in [0.5, 0.6) is 0 Å². The summed E-state index contributed by atoms with van der Waals surface area (Å²) in [7, 11) is 1.97.